The van der Waals surface area contributed by atoms with Gasteiger partial charge in [0.2, 0.25) is 6.79 Å². The van der Waals surface area contributed by atoms with Crippen LogP contribution in [0.5, 0.6) is 11.5 Å². The Morgan fingerprint density at radius 3 is 2.89 bits per heavy atom. The van der Waals surface area contributed by atoms with Crippen LogP contribution in [0.15, 0.2) is 36.4 Å². The number of halogens is 1. The van der Waals surface area contributed by atoms with E-state index in [4.69, 9.17) is 21.1 Å². The van der Waals surface area contributed by atoms with E-state index in [0.29, 0.717) is 17.2 Å². The second-order valence-corrected chi connectivity index (χ2v) is 4.25. The van der Waals surface area contributed by atoms with E-state index in [1.165, 1.54) is 0 Å². The van der Waals surface area contributed by atoms with Crippen LogP contribution in [0.25, 0.3) is 0 Å². The summed E-state index contributed by atoms with van der Waals surface area (Å²) in [5, 5.41) is 3.00. The fourth-order valence-electron chi connectivity index (χ4n) is 1.70. The lowest BCUT2D eigenvalue weighted by Gasteiger charge is -2.05. The highest BCUT2D eigenvalue weighted by atomic mass is 35.5. The van der Waals surface area contributed by atoms with Crippen molar-refractivity contribution in [2.75, 3.05) is 12.1 Å². The first-order valence-electron chi connectivity index (χ1n) is 5.56. The Balaban J connectivity index is 1.80. The molecule has 0 saturated carbocycles. The van der Waals surface area contributed by atoms with E-state index < -0.39 is 0 Å². The molecule has 0 fully saturated rings. The lowest BCUT2D eigenvalue weighted by Crippen LogP contribution is -2.13. The molecule has 2 heterocycles. The number of rotatable bonds is 2. The van der Waals surface area contributed by atoms with Crippen LogP contribution in [-0.4, -0.2) is 17.7 Å². The number of fused-ring (bicyclic) bond motifs is 1. The van der Waals surface area contributed by atoms with Gasteiger partial charge in [-0.1, -0.05) is 17.7 Å². The van der Waals surface area contributed by atoms with Crippen LogP contribution >= 0.6 is 11.6 Å². The van der Waals surface area contributed by atoms with E-state index in [9.17, 15) is 4.79 Å². The van der Waals surface area contributed by atoms with Crippen molar-refractivity contribution in [3.63, 3.8) is 0 Å². The molecule has 2 aromatic rings. The molecule has 19 heavy (non-hydrogen) atoms. The zero-order valence-electron chi connectivity index (χ0n) is 9.72. The Morgan fingerprint density at radius 1 is 1.21 bits per heavy atom. The molecule has 1 aliphatic rings. The van der Waals surface area contributed by atoms with Gasteiger partial charge in [-0.2, -0.15) is 0 Å². The molecule has 3 rings (SSSR count). The number of ether oxygens (including phenoxy) is 2. The summed E-state index contributed by atoms with van der Waals surface area (Å²) in [7, 11) is 0. The predicted molar refractivity (Wildman–Crippen MR) is 69.8 cm³/mol. The van der Waals surface area contributed by atoms with E-state index in [1.54, 1.807) is 36.4 Å². The summed E-state index contributed by atoms with van der Waals surface area (Å²) in [5.41, 5.74) is 0.862. The van der Waals surface area contributed by atoms with Crippen LogP contribution in [0.4, 0.5) is 5.69 Å². The number of hydrogen-bond donors (Lipinski definition) is 1. The standard InChI is InChI=1S/C13H9ClN2O3/c14-12-3-1-2-9(16-12)13(17)15-8-4-5-10-11(6-8)19-7-18-10/h1-6H,7H2,(H,15,17). The van der Waals surface area contributed by atoms with Gasteiger partial charge in [0.1, 0.15) is 10.8 Å². The number of pyridine rings is 1. The van der Waals surface area contributed by atoms with E-state index in [-0.39, 0.29) is 23.5 Å². The maximum Gasteiger partial charge on any atom is 0.274 e. The summed E-state index contributed by atoms with van der Waals surface area (Å²) in [5.74, 6) is 0.942. The molecule has 0 saturated heterocycles. The zero-order chi connectivity index (χ0) is 13.2. The summed E-state index contributed by atoms with van der Waals surface area (Å²) >= 11 is 5.74. The first kappa shape index (κ1) is 11.8. The highest BCUT2D eigenvalue weighted by molar-refractivity contribution is 6.29. The third kappa shape index (κ3) is 2.46. The van der Waals surface area contributed by atoms with Gasteiger partial charge in [0.15, 0.2) is 11.5 Å². The monoisotopic (exact) mass is 276 g/mol. The second-order valence-electron chi connectivity index (χ2n) is 3.87. The molecule has 0 aliphatic carbocycles. The van der Waals surface area contributed by atoms with Gasteiger partial charge < -0.3 is 14.8 Å². The Bertz CT molecular complexity index is 646. The highest BCUT2D eigenvalue weighted by Crippen LogP contribution is 2.34. The van der Waals surface area contributed by atoms with Gasteiger partial charge >= 0.3 is 0 Å². The number of nitrogens with one attached hydrogen (secondary N) is 1. The average Bonchev–Trinajstić information content (AvgIpc) is 2.86. The maximum absolute atomic E-state index is 12.0. The van der Waals surface area contributed by atoms with Crippen LogP contribution in [-0.2, 0) is 0 Å². The minimum Gasteiger partial charge on any atom is -0.454 e. The van der Waals surface area contributed by atoms with Gasteiger partial charge in [-0.15, -0.1) is 0 Å². The minimum atomic E-state index is -0.332. The zero-order valence-corrected chi connectivity index (χ0v) is 10.5. The second kappa shape index (κ2) is 4.78. The topological polar surface area (TPSA) is 60.5 Å². The molecule has 0 unspecified atom stereocenters. The van der Waals surface area contributed by atoms with E-state index >= 15 is 0 Å². The molecule has 1 aromatic heterocycles. The molecule has 0 radical (unpaired) electrons. The number of anilines is 1. The summed E-state index contributed by atoms with van der Waals surface area (Å²) < 4.78 is 10.4. The van der Waals surface area contributed by atoms with Crippen molar-refractivity contribution in [2.24, 2.45) is 0 Å². The number of nitrogens with zero attached hydrogens (tertiary/aromatic N) is 1. The Kier molecular flexibility index (Phi) is 2.97. The summed E-state index contributed by atoms with van der Waals surface area (Å²) in [6.07, 6.45) is 0. The molecule has 0 spiro atoms. The van der Waals surface area contributed by atoms with Crippen molar-refractivity contribution in [1.29, 1.82) is 0 Å². The Labute approximate surface area is 114 Å². The van der Waals surface area contributed by atoms with E-state index in [2.05, 4.69) is 10.3 Å². The maximum atomic E-state index is 12.0. The quantitative estimate of drug-likeness (QED) is 0.857. The molecule has 1 aromatic carbocycles. The third-order valence-corrected chi connectivity index (χ3v) is 2.79. The first-order valence-corrected chi connectivity index (χ1v) is 5.94. The Morgan fingerprint density at radius 2 is 2.05 bits per heavy atom. The molecular formula is C13H9ClN2O3. The lowest BCUT2D eigenvalue weighted by atomic mass is 10.2. The number of aromatic nitrogens is 1. The third-order valence-electron chi connectivity index (χ3n) is 2.58. The number of hydrogen-bond acceptors (Lipinski definition) is 4. The van der Waals surface area contributed by atoms with Gasteiger partial charge in [0, 0.05) is 11.8 Å². The average molecular weight is 277 g/mol. The lowest BCUT2D eigenvalue weighted by molar-refractivity contribution is 0.102. The summed E-state index contributed by atoms with van der Waals surface area (Å²) in [4.78, 5) is 15.9. The van der Waals surface area contributed by atoms with Crippen LogP contribution in [0, 0.1) is 0 Å². The van der Waals surface area contributed by atoms with Crippen LogP contribution in [0.2, 0.25) is 5.15 Å². The van der Waals surface area contributed by atoms with E-state index in [0.717, 1.165) is 0 Å². The van der Waals surface area contributed by atoms with E-state index in [1.807, 2.05) is 0 Å². The van der Waals surface area contributed by atoms with Crippen molar-refractivity contribution in [3.05, 3.63) is 47.2 Å². The fraction of sp³-hybridized carbons (Fsp3) is 0.0769. The van der Waals surface area contributed by atoms with Gasteiger partial charge in [-0.25, -0.2) is 4.98 Å². The molecule has 0 atom stereocenters. The molecular weight excluding hydrogens is 268 g/mol. The predicted octanol–water partition coefficient (Wildman–Crippen LogP) is 2.72. The van der Waals surface area contributed by atoms with Crippen molar-refractivity contribution < 1.29 is 14.3 Å². The number of benzene rings is 1. The van der Waals surface area contributed by atoms with Crippen molar-refractivity contribution in [2.45, 2.75) is 0 Å². The normalized spacial score (nSPS) is 12.3. The highest BCUT2D eigenvalue weighted by Gasteiger charge is 2.15. The smallest absolute Gasteiger partial charge is 0.274 e. The van der Waals surface area contributed by atoms with Gasteiger partial charge in [0.25, 0.3) is 5.91 Å². The van der Waals surface area contributed by atoms with Crippen LogP contribution < -0.4 is 14.8 Å². The summed E-state index contributed by atoms with van der Waals surface area (Å²) in [6, 6.07) is 10.0. The molecule has 6 heteroatoms. The van der Waals surface area contributed by atoms with Crippen LogP contribution in [0.3, 0.4) is 0 Å². The Hall–Kier alpha value is -2.27. The fourth-order valence-corrected chi connectivity index (χ4v) is 1.87. The molecule has 1 amide bonds. The SMILES string of the molecule is O=C(Nc1ccc2c(c1)OCO2)c1cccc(Cl)n1. The number of carbonyl (C=O) groups excluding carboxylic acids is 1. The molecule has 1 N–H and O–H groups in total. The first-order chi connectivity index (χ1) is 9.22. The van der Waals surface area contributed by atoms with Gasteiger partial charge in [-0.05, 0) is 24.3 Å². The van der Waals surface area contributed by atoms with Crippen molar-refractivity contribution in [1.82, 2.24) is 4.98 Å². The van der Waals surface area contributed by atoms with Crippen LogP contribution in [0.1, 0.15) is 10.5 Å². The minimum absolute atomic E-state index is 0.197. The molecule has 96 valence electrons. The van der Waals surface area contributed by atoms with Crippen molar-refractivity contribution >= 4 is 23.2 Å². The summed E-state index contributed by atoms with van der Waals surface area (Å²) in [6.45, 7) is 0.197. The van der Waals surface area contributed by atoms with Gasteiger partial charge in [-0.3, -0.25) is 4.79 Å². The molecule has 0 bridgehead atoms. The number of carbonyl (C=O) groups is 1. The van der Waals surface area contributed by atoms with Gasteiger partial charge in [0.05, 0.1) is 0 Å². The molecule has 1 aliphatic heterocycles. The molecule has 5 nitrogen and oxygen atoms in total. The van der Waals surface area contributed by atoms with Crippen molar-refractivity contribution in [3.8, 4) is 11.5 Å². The largest absolute Gasteiger partial charge is 0.454 e. The number of amides is 1.